The molecule has 0 atom stereocenters. The van der Waals surface area contributed by atoms with Crippen LogP contribution in [0.4, 0.5) is 0 Å². The number of hydrogen-bond donors (Lipinski definition) is 3. The standard InChI is InChI=1S/C15H28N2O2/c16-15(8-4-5-9-15)10-13(19)17-11-14(12-18)6-2-1-3-7-14/h18H,1-12,16H2,(H,17,19). The molecule has 2 fully saturated rings. The van der Waals surface area contributed by atoms with Crippen molar-refractivity contribution in [2.24, 2.45) is 11.1 Å². The number of aliphatic hydroxyl groups is 1. The van der Waals surface area contributed by atoms with E-state index in [0.29, 0.717) is 13.0 Å². The van der Waals surface area contributed by atoms with Crippen molar-refractivity contribution in [2.45, 2.75) is 69.7 Å². The maximum Gasteiger partial charge on any atom is 0.221 e. The van der Waals surface area contributed by atoms with Gasteiger partial charge in [0.1, 0.15) is 0 Å². The van der Waals surface area contributed by atoms with Crippen LogP contribution >= 0.6 is 0 Å². The molecule has 0 spiro atoms. The van der Waals surface area contributed by atoms with Gasteiger partial charge in [0.15, 0.2) is 0 Å². The summed E-state index contributed by atoms with van der Waals surface area (Å²) in [6.45, 7) is 0.791. The largest absolute Gasteiger partial charge is 0.396 e. The van der Waals surface area contributed by atoms with Crippen LogP contribution in [0, 0.1) is 5.41 Å². The first-order valence-corrected chi connectivity index (χ1v) is 7.74. The van der Waals surface area contributed by atoms with Crippen molar-refractivity contribution < 1.29 is 9.90 Å². The molecule has 2 aliphatic carbocycles. The van der Waals surface area contributed by atoms with Gasteiger partial charge in [-0.25, -0.2) is 0 Å². The van der Waals surface area contributed by atoms with E-state index >= 15 is 0 Å². The molecule has 0 unspecified atom stereocenters. The Bertz CT molecular complexity index is 305. The molecule has 0 heterocycles. The summed E-state index contributed by atoms with van der Waals surface area (Å²) in [6, 6.07) is 0. The first kappa shape index (κ1) is 14.8. The van der Waals surface area contributed by atoms with E-state index in [1.54, 1.807) is 0 Å². The molecule has 1 amide bonds. The molecule has 0 aromatic heterocycles. The summed E-state index contributed by atoms with van der Waals surface area (Å²) in [5.41, 5.74) is 5.87. The monoisotopic (exact) mass is 268 g/mol. The summed E-state index contributed by atoms with van der Waals surface area (Å²) in [5, 5.41) is 12.6. The predicted molar refractivity (Wildman–Crippen MR) is 75.6 cm³/mol. The Hall–Kier alpha value is -0.610. The molecule has 2 rings (SSSR count). The number of nitrogens with two attached hydrogens (primary N) is 1. The van der Waals surface area contributed by atoms with Crippen LogP contribution in [0.25, 0.3) is 0 Å². The van der Waals surface area contributed by atoms with Crippen molar-refractivity contribution in [3.8, 4) is 0 Å². The van der Waals surface area contributed by atoms with E-state index in [1.807, 2.05) is 0 Å². The third-order valence-electron chi connectivity index (χ3n) is 5.02. The lowest BCUT2D eigenvalue weighted by atomic mass is 9.74. The summed E-state index contributed by atoms with van der Waals surface area (Å²) in [7, 11) is 0. The molecule has 2 aliphatic rings. The van der Waals surface area contributed by atoms with Gasteiger partial charge in [0, 0.05) is 23.9 Å². The Balaban J connectivity index is 1.78. The van der Waals surface area contributed by atoms with Gasteiger partial charge in [-0.3, -0.25) is 4.79 Å². The Morgan fingerprint density at radius 3 is 2.21 bits per heavy atom. The normalized spacial score (nSPS) is 25.2. The molecule has 0 aliphatic heterocycles. The van der Waals surface area contributed by atoms with E-state index in [2.05, 4.69) is 5.32 Å². The third-order valence-corrected chi connectivity index (χ3v) is 5.02. The lowest BCUT2D eigenvalue weighted by Crippen LogP contribution is -2.46. The van der Waals surface area contributed by atoms with E-state index in [4.69, 9.17) is 5.73 Å². The van der Waals surface area contributed by atoms with Crippen LogP contribution in [-0.2, 0) is 4.79 Å². The van der Waals surface area contributed by atoms with Crippen LogP contribution in [-0.4, -0.2) is 29.7 Å². The minimum Gasteiger partial charge on any atom is -0.396 e. The van der Waals surface area contributed by atoms with Gasteiger partial charge >= 0.3 is 0 Å². The van der Waals surface area contributed by atoms with Crippen LogP contribution in [0.15, 0.2) is 0 Å². The van der Waals surface area contributed by atoms with Gasteiger partial charge in [-0.05, 0) is 25.7 Å². The van der Waals surface area contributed by atoms with E-state index in [9.17, 15) is 9.90 Å². The van der Waals surface area contributed by atoms with E-state index in [-0.39, 0.29) is 23.5 Å². The average molecular weight is 268 g/mol. The highest BCUT2D eigenvalue weighted by Gasteiger charge is 2.34. The summed E-state index contributed by atoms with van der Waals surface area (Å²) in [6.07, 6.45) is 10.3. The molecule has 2 saturated carbocycles. The molecule has 4 heteroatoms. The summed E-state index contributed by atoms with van der Waals surface area (Å²) >= 11 is 0. The molecule has 19 heavy (non-hydrogen) atoms. The third kappa shape index (κ3) is 3.93. The molecule has 0 saturated heterocycles. The van der Waals surface area contributed by atoms with Crippen molar-refractivity contribution in [3.05, 3.63) is 0 Å². The van der Waals surface area contributed by atoms with Crippen molar-refractivity contribution in [1.29, 1.82) is 0 Å². The Kier molecular flexibility index (Phi) is 4.85. The van der Waals surface area contributed by atoms with Gasteiger partial charge in [-0.2, -0.15) is 0 Å². The first-order chi connectivity index (χ1) is 9.08. The first-order valence-electron chi connectivity index (χ1n) is 7.74. The zero-order valence-electron chi connectivity index (χ0n) is 11.9. The quantitative estimate of drug-likeness (QED) is 0.710. The maximum absolute atomic E-state index is 12.0. The molecule has 4 N–H and O–H groups in total. The van der Waals surface area contributed by atoms with Gasteiger partial charge in [-0.1, -0.05) is 32.1 Å². The zero-order chi connectivity index (χ0) is 13.8. The fraction of sp³-hybridized carbons (Fsp3) is 0.933. The van der Waals surface area contributed by atoms with Crippen LogP contribution in [0.3, 0.4) is 0 Å². The topological polar surface area (TPSA) is 75.4 Å². The van der Waals surface area contributed by atoms with Crippen molar-refractivity contribution >= 4 is 5.91 Å². The van der Waals surface area contributed by atoms with Gasteiger partial charge in [0.05, 0.1) is 6.61 Å². The second-order valence-electron chi connectivity index (χ2n) is 6.74. The minimum atomic E-state index is -0.275. The predicted octanol–water partition coefficient (Wildman–Crippen LogP) is 1.71. The van der Waals surface area contributed by atoms with E-state index in [1.165, 1.54) is 6.42 Å². The van der Waals surface area contributed by atoms with Crippen molar-refractivity contribution in [3.63, 3.8) is 0 Å². The van der Waals surface area contributed by atoms with Gasteiger partial charge in [0.2, 0.25) is 5.91 Å². The number of amides is 1. The van der Waals surface area contributed by atoms with Crippen LogP contribution in [0.2, 0.25) is 0 Å². The van der Waals surface area contributed by atoms with Crippen molar-refractivity contribution in [1.82, 2.24) is 5.32 Å². The lowest BCUT2D eigenvalue weighted by Gasteiger charge is -2.36. The molecular formula is C15H28N2O2. The number of aliphatic hydroxyl groups excluding tert-OH is 1. The van der Waals surface area contributed by atoms with Crippen LogP contribution in [0.5, 0.6) is 0 Å². The smallest absolute Gasteiger partial charge is 0.221 e. The van der Waals surface area contributed by atoms with E-state index < -0.39 is 0 Å². The molecule has 0 aromatic rings. The second-order valence-corrected chi connectivity index (χ2v) is 6.74. The van der Waals surface area contributed by atoms with Crippen LogP contribution in [0.1, 0.15) is 64.2 Å². The van der Waals surface area contributed by atoms with Gasteiger partial charge in [-0.15, -0.1) is 0 Å². The molecule has 0 bridgehead atoms. The number of rotatable bonds is 5. The molecule has 110 valence electrons. The lowest BCUT2D eigenvalue weighted by molar-refractivity contribution is -0.123. The Morgan fingerprint density at radius 2 is 1.63 bits per heavy atom. The minimum absolute atomic E-state index is 0.0581. The number of hydrogen-bond acceptors (Lipinski definition) is 3. The average Bonchev–Trinajstić information content (AvgIpc) is 2.84. The SMILES string of the molecule is NC1(CC(=O)NCC2(CO)CCCCC2)CCCC1. The highest BCUT2D eigenvalue weighted by molar-refractivity contribution is 5.77. The zero-order valence-corrected chi connectivity index (χ0v) is 11.9. The number of carbonyl (C=O) groups is 1. The highest BCUT2D eigenvalue weighted by Crippen LogP contribution is 2.35. The maximum atomic E-state index is 12.0. The van der Waals surface area contributed by atoms with Crippen LogP contribution < -0.4 is 11.1 Å². The Morgan fingerprint density at radius 1 is 1.05 bits per heavy atom. The molecule has 0 radical (unpaired) electrons. The summed E-state index contributed by atoms with van der Waals surface area (Å²) in [4.78, 5) is 12.0. The summed E-state index contributed by atoms with van der Waals surface area (Å²) < 4.78 is 0. The van der Waals surface area contributed by atoms with E-state index in [0.717, 1.165) is 51.4 Å². The molecule has 4 nitrogen and oxygen atoms in total. The van der Waals surface area contributed by atoms with Crippen molar-refractivity contribution in [2.75, 3.05) is 13.2 Å². The van der Waals surface area contributed by atoms with Gasteiger partial charge in [0.25, 0.3) is 0 Å². The number of carbonyl (C=O) groups excluding carboxylic acids is 1. The van der Waals surface area contributed by atoms with Gasteiger partial charge < -0.3 is 16.2 Å². The number of nitrogens with one attached hydrogen (secondary N) is 1. The fourth-order valence-corrected chi connectivity index (χ4v) is 3.62. The summed E-state index contributed by atoms with van der Waals surface area (Å²) in [5.74, 6) is 0.0581. The fourth-order valence-electron chi connectivity index (χ4n) is 3.62. The highest BCUT2D eigenvalue weighted by atomic mass is 16.3. The Labute approximate surface area is 116 Å². The molecular weight excluding hydrogens is 240 g/mol. The molecule has 0 aromatic carbocycles. The second kappa shape index (κ2) is 6.23.